The summed E-state index contributed by atoms with van der Waals surface area (Å²) in [5.74, 6) is 1.46. The van der Waals surface area contributed by atoms with E-state index in [-0.39, 0.29) is 35.5 Å². The minimum absolute atomic E-state index is 0.0463. The molecule has 0 unspecified atom stereocenters. The molecule has 204 valence electrons. The lowest BCUT2D eigenvalue weighted by atomic mass is 9.49. The van der Waals surface area contributed by atoms with Gasteiger partial charge in [-0.1, -0.05) is 39.3 Å². The van der Waals surface area contributed by atoms with Gasteiger partial charge in [0.05, 0.1) is 29.4 Å². The molecule has 0 atom stereocenters. The van der Waals surface area contributed by atoms with E-state index in [0.29, 0.717) is 47.0 Å². The number of nitrogens with zero attached hydrogens (tertiary/aromatic N) is 4. The van der Waals surface area contributed by atoms with Crippen molar-refractivity contribution in [3.8, 4) is 11.8 Å². The minimum Gasteiger partial charge on any atom is -0.489 e. The van der Waals surface area contributed by atoms with Crippen molar-refractivity contribution in [3.63, 3.8) is 0 Å². The molecule has 2 N–H and O–H groups in total. The first kappa shape index (κ1) is 28.1. The number of aliphatic hydroxyl groups excluding tert-OH is 1. The molecular weight excluding hydrogens is 506 g/mol. The number of amides is 1. The molecule has 2 aromatic rings. The molecule has 1 aromatic heterocycles. The molecule has 1 aliphatic heterocycles. The van der Waals surface area contributed by atoms with Crippen LogP contribution in [0.2, 0.25) is 5.02 Å². The molecule has 0 radical (unpaired) electrons. The number of halogens is 1. The Bertz CT molecular complexity index is 1160. The predicted molar refractivity (Wildman–Crippen MR) is 144 cm³/mol. The predicted octanol–water partition coefficient (Wildman–Crippen LogP) is 3.84. The van der Waals surface area contributed by atoms with E-state index in [2.05, 4.69) is 53.9 Å². The average Bonchev–Trinajstić information content (AvgIpc) is 2.90. The second kappa shape index (κ2) is 11.4. The van der Waals surface area contributed by atoms with Gasteiger partial charge >= 0.3 is 0 Å². The van der Waals surface area contributed by atoms with Crippen LogP contribution in [0, 0.1) is 28.1 Å². The number of rotatable bonds is 9. The molecule has 9 nitrogen and oxygen atoms in total. The number of hydrogen-bond donors (Lipinski definition) is 2. The van der Waals surface area contributed by atoms with Crippen molar-refractivity contribution in [2.75, 3.05) is 37.8 Å². The summed E-state index contributed by atoms with van der Waals surface area (Å²) in [5.41, 5.74) is 0.102. The molecule has 1 aliphatic carbocycles. The van der Waals surface area contributed by atoms with E-state index in [1.165, 1.54) is 0 Å². The number of aliphatic hydroxyl groups is 1. The first-order valence-corrected chi connectivity index (χ1v) is 13.4. The van der Waals surface area contributed by atoms with Crippen molar-refractivity contribution >= 4 is 23.5 Å². The fraction of sp³-hybridized carbons (Fsp3) is 0.571. The highest BCUT2D eigenvalue weighted by molar-refractivity contribution is 6.31. The van der Waals surface area contributed by atoms with Crippen LogP contribution < -0.4 is 15.0 Å². The SMILES string of the molecule is CC1(C)C(NC(=O)c2cnc(N3CCC(COCCO)CC3)nc2)C(C)(C)C1Oc1ccc(C#N)c(Cl)c1. The lowest BCUT2D eigenvalue weighted by Gasteiger charge is -2.63. The summed E-state index contributed by atoms with van der Waals surface area (Å²) in [6.07, 6.45) is 4.93. The molecule has 4 rings (SSSR count). The Morgan fingerprint density at radius 3 is 2.45 bits per heavy atom. The number of anilines is 1. The maximum atomic E-state index is 13.1. The summed E-state index contributed by atoms with van der Waals surface area (Å²) in [5, 5.41) is 21.5. The topological polar surface area (TPSA) is 121 Å². The van der Waals surface area contributed by atoms with Gasteiger partial charge in [0.1, 0.15) is 17.9 Å². The van der Waals surface area contributed by atoms with E-state index in [4.69, 9.17) is 31.4 Å². The third-order valence-corrected chi connectivity index (χ3v) is 8.13. The number of nitriles is 1. The molecule has 1 saturated heterocycles. The number of nitrogens with one attached hydrogen (secondary N) is 1. The maximum Gasteiger partial charge on any atom is 0.254 e. The Morgan fingerprint density at radius 1 is 1.21 bits per heavy atom. The largest absolute Gasteiger partial charge is 0.489 e. The highest BCUT2D eigenvalue weighted by Gasteiger charge is 2.64. The highest BCUT2D eigenvalue weighted by Crippen LogP contribution is 2.55. The smallest absolute Gasteiger partial charge is 0.254 e. The fourth-order valence-corrected chi connectivity index (χ4v) is 6.24. The van der Waals surface area contributed by atoms with Crippen LogP contribution in [0.25, 0.3) is 0 Å². The summed E-state index contributed by atoms with van der Waals surface area (Å²) in [6.45, 7) is 11.0. The quantitative estimate of drug-likeness (QED) is 0.459. The van der Waals surface area contributed by atoms with Crippen LogP contribution in [-0.2, 0) is 4.74 Å². The van der Waals surface area contributed by atoms with E-state index >= 15 is 0 Å². The molecule has 2 heterocycles. The fourth-order valence-electron chi connectivity index (χ4n) is 6.03. The van der Waals surface area contributed by atoms with E-state index in [9.17, 15) is 4.79 Å². The van der Waals surface area contributed by atoms with Crippen molar-refractivity contribution in [2.45, 2.75) is 52.7 Å². The number of ether oxygens (including phenoxy) is 2. The van der Waals surface area contributed by atoms with Crippen LogP contribution in [-0.4, -0.2) is 66.0 Å². The van der Waals surface area contributed by atoms with E-state index in [1.54, 1.807) is 30.6 Å². The molecule has 2 fully saturated rings. The van der Waals surface area contributed by atoms with Gasteiger partial charge in [-0.25, -0.2) is 9.97 Å². The first-order chi connectivity index (χ1) is 18.1. The molecular formula is C28H36ClN5O4. The standard InChI is InChI=1S/C28H36ClN5O4/c1-27(2)24(28(3,4)25(27)38-21-6-5-19(14-30)22(29)13-21)33-23(36)20-15-31-26(32-16-20)34-9-7-18(8-10-34)17-37-12-11-35/h5-6,13,15-16,18,24-25,35H,7-12,17H2,1-4H3,(H,33,36). The van der Waals surface area contributed by atoms with Gasteiger partial charge in [-0.3, -0.25) is 4.79 Å². The number of carbonyl (C=O) groups is 1. The zero-order chi connectivity index (χ0) is 27.5. The number of hydrogen-bond acceptors (Lipinski definition) is 8. The van der Waals surface area contributed by atoms with Crippen LogP contribution in [0.1, 0.15) is 56.5 Å². The van der Waals surface area contributed by atoms with Crippen molar-refractivity contribution in [1.82, 2.24) is 15.3 Å². The molecule has 10 heteroatoms. The van der Waals surface area contributed by atoms with Crippen molar-refractivity contribution in [1.29, 1.82) is 5.26 Å². The number of carbonyl (C=O) groups excluding carboxylic acids is 1. The van der Waals surface area contributed by atoms with Crippen molar-refractivity contribution < 1.29 is 19.4 Å². The summed E-state index contributed by atoms with van der Waals surface area (Å²) in [7, 11) is 0. The van der Waals surface area contributed by atoms with Gasteiger partial charge in [0, 0.05) is 55.0 Å². The Hall–Kier alpha value is -2.93. The summed E-state index contributed by atoms with van der Waals surface area (Å²) in [4.78, 5) is 24.2. The monoisotopic (exact) mass is 541 g/mol. The minimum atomic E-state index is -0.356. The van der Waals surface area contributed by atoms with E-state index in [1.807, 2.05) is 0 Å². The summed E-state index contributed by atoms with van der Waals surface area (Å²) >= 11 is 6.18. The molecule has 38 heavy (non-hydrogen) atoms. The van der Waals surface area contributed by atoms with Gasteiger partial charge in [0.2, 0.25) is 5.95 Å². The number of benzene rings is 1. The zero-order valence-corrected chi connectivity index (χ0v) is 23.2. The highest BCUT2D eigenvalue weighted by atomic mass is 35.5. The number of piperidine rings is 1. The van der Waals surface area contributed by atoms with E-state index < -0.39 is 0 Å². The lowest BCUT2D eigenvalue weighted by Crippen LogP contribution is -2.74. The molecule has 1 aromatic carbocycles. The Morgan fingerprint density at radius 2 is 1.87 bits per heavy atom. The van der Waals surface area contributed by atoms with Gasteiger partial charge in [0.25, 0.3) is 5.91 Å². The second-order valence-electron chi connectivity index (χ2n) is 11.3. The van der Waals surface area contributed by atoms with Crippen LogP contribution in [0.3, 0.4) is 0 Å². The summed E-state index contributed by atoms with van der Waals surface area (Å²) in [6, 6.07) is 6.96. The number of aromatic nitrogens is 2. The molecule has 0 bridgehead atoms. The lowest BCUT2D eigenvalue weighted by molar-refractivity contribution is -0.164. The van der Waals surface area contributed by atoms with Gasteiger partial charge in [-0.05, 0) is 30.9 Å². The van der Waals surface area contributed by atoms with Gasteiger partial charge in [-0.15, -0.1) is 0 Å². The molecule has 0 spiro atoms. The normalized spacial score (nSPS) is 22.3. The maximum absolute atomic E-state index is 13.1. The molecule has 1 saturated carbocycles. The molecule has 2 aliphatic rings. The van der Waals surface area contributed by atoms with Crippen molar-refractivity contribution in [2.24, 2.45) is 16.7 Å². The third-order valence-electron chi connectivity index (χ3n) is 7.82. The first-order valence-electron chi connectivity index (χ1n) is 13.0. The van der Waals surface area contributed by atoms with Gasteiger partial charge in [-0.2, -0.15) is 5.26 Å². The van der Waals surface area contributed by atoms with Crippen LogP contribution in [0.15, 0.2) is 30.6 Å². The second-order valence-corrected chi connectivity index (χ2v) is 11.7. The Balaban J connectivity index is 1.34. The van der Waals surface area contributed by atoms with Gasteiger partial charge in [0.15, 0.2) is 0 Å². The van der Waals surface area contributed by atoms with Crippen LogP contribution in [0.4, 0.5) is 5.95 Å². The molecule has 1 amide bonds. The van der Waals surface area contributed by atoms with Crippen molar-refractivity contribution in [3.05, 3.63) is 46.7 Å². The average molecular weight is 542 g/mol. The van der Waals surface area contributed by atoms with Crippen LogP contribution >= 0.6 is 11.6 Å². The summed E-state index contributed by atoms with van der Waals surface area (Å²) < 4.78 is 11.8. The zero-order valence-electron chi connectivity index (χ0n) is 22.4. The Labute approximate surface area is 229 Å². The van der Waals surface area contributed by atoms with E-state index in [0.717, 1.165) is 25.9 Å². The van der Waals surface area contributed by atoms with Gasteiger partial charge < -0.3 is 24.8 Å². The third kappa shape index (κ3) is 5.73. The Kier molecular flexibility index (Phi) is 8.46. The van der Waals surface area contributed by atoms with Crippen LogP contribution in [0.5, 0.6) is 5.75 Å².